The third-order valence-electron chi connectivity index (χ3n) is 2.59. The maximum Gasteiger partial charge on any atom is 0.335 e. The van der Waals surface area contributed by atoms with Gasteiger partial charge >= 0.3 is 5.97 Å². The Labute approximate surface area is 112 Å². The third-order valence-corrected chi connectivity index (χ3v) is 4.22. The minimum atomic E-state index is -4.09. The Bertz CT molecular complexity index is 769. The lowest BCUT2D eigenvalue weighted by atomic mass is 10.2. The van der Waals surface area contributed by atoms with Crippen molar-refractivity contribution in [3.63, 3.8) is 0 Å². The van der Waals surface area contributed by atoms with Crippen molar-refractivity contribution >= 4 is 15.8 Å². The molecular formula is C11H9FN2O5S. The van der Waals surface area contributed by atoms with Crippen LogP contribution >= 0.6 is 0 Å². The lowest BCUT2D eigenvalue weighted by molar-refractivity contribution is 0.0696. The van der Waals surface area contributed by atoms with Gasteiger partial charge in [0.25, 0.3) is 0 Å². The van der Waals surface area contributed by atoms with E-state index in [9.17, 15) is 17.6 Å². The summed E-state index contributed by atoms with van der Waals surface area (Å²) in [5.41, 5.74) is -0.00604. The Morgan fingerprint density at radius 1 is 1.40 bits per heavy atom. The summed E-state index contributed by atoms with van der Waals surface area (Å²) in [7, 11) is -4.09. The summed E-state index contributed by atoms with van der Waals surface area (Å²) in [5.74, 6) is -2.99. The summed E-state index contributed by atoms with van der Waals surface area (Å²) in [6.07, 6.45) is 0. The average molecular weight is 300 g/mol. The van der Waals surface area contributed by atoms with Crippen LogP contribution in [0.3, 0.4) is 0 Å². The van der Waals surface area contributed by atoms with E-state index in [4.69, 9.17) is 5.11 Å². The van der Waals surface area contributed by atoms with Crippen LogP contribution < -0.4 is 0 Å². The molecule has 106 valence electrons. The molecule has 1 N–H and O–H groups in total. The van der Waals surface area contributed by atoms with Gasteiger partial charge in [-0.3, -0.25) is 0 Å². The zero-order chi connectivity index (χ0) is 14.9. The van der Waals surface area contributed by atoms with E-state index >= 15 is 0 Å². The van der Waals surface area contributed by atoms with Gasteiger partial charge in [0, 0.05) is 0 Å². The minimum absolute atomic E-state index is 0.0464. The highest BCUT2D eigenvalue weighted by Crippen LogP contribution is 2.21. The van der Waals surface area contributed by atoms with Crippen molar-refractivity contribution in [3.05, 3.63) is 41.0 Å². The zero-order valence-corrected chi connectivity index (χ0v) is 11.0. The summed E-state index contributed by atoms with van der Waals surface area (Å²) in [6.45, 7) is 1.49. The Morgan fingerprint density at radius 2 is 2.10 bits per heavy atom. The first-order valence-corrected chi connectivity index (χ1v) is 7.00. The van der Waals surface area contributed by atoms with Gasteiger partial charge in [-0.1, -0.05) is 10.3 Å². The number of aryl methyl sites for hydroxylation is 1. The van der Waals surface area contributed by atoms with Gasteiger partial charge in [0.2, 0.25) is 0 Å². The lowest BCUT2D eigenvalue weighted by Crippen LogP contribution is -2.10. The Kier molecular flexibility index (Phi) is 3.53. The van der Waals surface area contributed by atoms with Crippen LogP contribution in [-0.4, -0.2) is 29.8 Å². The standard InChI is InChI=1S/C11H9FN2O5S/c1-6-9(14-19-13-6)5-20(17,18)10-4-7(11(15)16)2-3-8(10)12/h2-4H,5H2,1H3,(H,15,16). The van der Waals surface area contributed by atoms with Crippen molar-refractivity contribution in [3.8, 4) is 0 Å². The molecule has 1 heterocycles. The molecule has 0 bridgehead atoms. The first kappa shape index (κ1) is 14.1. The van der Waals surface area contributed by atoms with Crippen molar-refractivity contribution in [2.24, 2.45) is 0 Å². The molecule has 0 unspecified atom stereocenters. The molecule has 7 nitrogen and oxygen atoms in total. The number of hydrogen-bond donors (Lipinski definition) is 1. The molecule has 1 aromatic heterocycles. The van der Waals surface area contributed by atoms with Gasteiger partial charge in [-0.25, -0.2) is 22.2 Å². The van der Waals surface area contributed by atoms with E-state index in [2.05, 4.69) is 14.9 Å². The average Bonchev–Trinajstić information content (AvgIpc) is 2.74. The fourth-order valence-corrected chi connectivity index (χ4v) is 2.96. The monoisotopic (exact) mass is 300 g/mol. The molecule has 0 radical (unpaired) electrons. The minimum Gasteiger partial charge on any atom is -0.478 e. The Balaban J connectivity index is 2.46. The second kappa shape index (κ2) is 5.00. The van der Waals surface area contributed by atoms with E-state index in [0.717, 1.165) is 18.2 Å². The smallest absolute Gasteiger partial charge is 0.335 e. The van der Waals surface area contributed by atoms with E-state index in [-0.39, 0.29) is 17.0 Å². The fourth-order valence-electron chi connectivity index (χ4n) is 1.51. The maximum atomic E-state index is 13.6. The lowest BCUT2D eigenvalue weighted by Gasteiger charge is -2.05. The van der Waals surface area contributed by atoms with Gasteiger partial charge in [0.05, 0.1) is 5.56 Å². The second-order valence-electron chi connectivity index (χ2n) is 4.01. The maximum absolute atomic E-state index is 13.6. The van der Waals surface area contributed by atoms with E-state index in [1.54, 1.807) is 0 Å². The first-order valence-electron chi connectivity index (χ1n) is 5.35. The van der Waals surface area contributed by atoms with Crippen molar-refractivity contribution in [1.82, 2.24) is 10.3 Å². The molecular weight excluding hydrogens is 291 g/mol. The fraction of sp³-hybridized carbons (Fsp3) is 0.182. The van der Waals surface area contributed by atoms with Gasteiger partial charge in [-0.05, 0) is 25.1 Å². The van der Waals surface area contributed by atoms with E-state index in [0.29, 0.717) is 0 Å². The molecule has 9 heteroatoms. The van der Waals surface area contributed by atoms with Crippen LogP contribution in [0.15, 0.2) is 27.7 Å². The zero-order valence-electron chi connectivity index (χ0n) is 10.2. The Morgan fingerprint density at radius 3 is 2.65 bits per heavy atom. The Hall–Kier alpha value is -2.29. The number of halogens is 1. The number of carbonyl (C=O) groups is 1. The molecule has 1 aromatic carbocycles. The molecule has 2 aromatic rings. The van der Waals surface area contributed by atoms with E-state index < -0.39 is 32.3 Å². The SMILES string of the molecule is Cc1nonc1CS(=O)(=O)c1cc(C(=O)O)ccc1F. The molecule has 0 atom stereocenters. The van der Waals surface area contributed by atoms with Gasteiger partial charge in [0.15, 0.2) is 9.84 Å². The van der Waals surface area contributed by atoms with Gasteiger partial charge in [-0.2, -0.15) is 0 Å². The number of nitrogens with zero attached hydrogens (tertiary/aromatic N) is 2. The van der Waals surface area contributed by atoms with Crippen LogP contribution in [0.1, 0.15) is 21.7 Å². The number of hydrogen-bond acceptors (Lipinski definition) is 6. The largest absolute Gasteiger partial charge is 0.478 e. The predicted molar refractivity (Wildman–Crippen MR) is 63.3 cm³/mol. The number of carboxylic acid groups (broad SMARTS) is 1. The highest BCUT2D eigenvalue weighted by molar-refractivity contribution is 7.90. The molecule has 0 aliphatic rings. The van der Waals surface area contributed by atoms with E-state index in [1.165, 1.54) is 6.92 Å². The van der Waals surface area contributed by atoms with Crippen molar-refractivity contribution in [1.29, 1.82) is 0 Å². The normalized spacial score (nSPS) is 11.5. The van der Waals surface area contributed by atoms with Crippen LogP contribution in [0.5, 0.6) is 0 Å². The summed E-state index contributed by atoms with van der Waals surface area (Å²) < 4.78 is 42.2. The molecule has 0 amide bonds. The van der Waals surface area contributed by atoms with Crippen molar-refractivity contribution in [2.75, 3.05) is 0 Å². The van der Waals surface area contributed by atoms with Gasteiger partial charge in [-0.15, -0.1) is 0 Å². The third kappa shape index (κ3) is 2.67. The number of aromatic carboxylic acids is 1. The van der Waals surface area contributed by atoms with Gasteiger partial charge in [0.1, 0.15) is 27.9 Å². The topological polar surface area (TPSA) is 110 Å². The van der Waals surface area contributed by atoms with Gasteiger partial charge < -0.3 is 5.11 Å². The number of aromatic nitrogens is 2. The quantitative estimate of drug-likeness (QED) is 0.902. The summed E-state index contributed by atoms with van der Waals surface area (Å²) in [4.78, 5) is 10.1. The van der Waals surface area contributed by atoms with Crippen LogP contribution in [0, 0.1) is 12.7 Å². The van der Waals surface area contributed by atoms with Crippen LogP contribution in [0.2, 0.25) is 0 Å². The van der Waals surface area contributed by atoms with Crippen LogP contribution in [0.4, 0.5) is 4.39 Å². The number of carboxylic acids is 1. The summed E-state index contributed by atoms with van der Waals surface area (Å²) >= 11 is 0. The second-order valence-corrected chi connectivity index (χ2v) is 5.96. The highest BCUT2D eigenvalue weighted by Gasteiger charge is 2.24. The predicted octanol–water partition coefficient (Wildman–Crippen LogP) is 1.19. The van der Waals surface area contributed by atoms with Crippen LogP contribution in [-0.2, 0) is 15.6 Å². The first-order chi connectivity index (χ1) is 9.31. The summed E-state index contributed by atoms with van der Waals surface area (Å²) in [5, 5.41) is 15.6. The van der Waals surface area contributed by atoms with Crippen LogP contribution in [0.25, 0.3) is 0 Å². The van der Waals surface area contributed by atoms with E-state index in [1.807, 2.05) is 0 Å². The molecule has 0 spiro atoms. The molecule has 0 saturated carbocycles. The van der Waals surface area contributed by atoms with Crippen molar-refractivity contribution < 1.29 is 27.3 Å². The van der Waals surface area contributed by atoms with Crippen molar-refractivity contribution in [2.45, 2.75) is 17.6 Å². The number of sulfone groups is 1. The molecule has 20 heavy (non-hydrogen) atoms. The molecule has 0 saturated heterocycles. The number of rotatable bonds is 4. The molecule has 2 rings (SSSR count). The molecule has 0 aliphatic heterocycles. The summed E-state index contributed by atoms with van der Waals surface area (Å²) in [6, 6.07) is 2.56. The highest BCUT2D eigenvalue weighted by atomic mass is 32.2. The number of benzene rings is 1. The molecule has 0 fully saturated rings. The molecule has 0 aliphatic carbocycles.